The lowest BCUT2D eigenvalue weighted by Crippen LogP contribution is -2.56. The number of carbonyl (C=O) groups is 2. The molecule has 0 spiro atoms. The maximum Gasteiger partial charge on any atom is 0.243 e. The fourth-order valence-electron chi connectivity index (χ4n) is 3.83. The summed E-state index contributed by atoms with van der Waals surface area (Å²) < 4.78 is 51.5. The first-order chi connectivity index (χ1) is 16.2. The lowest BCUT2D eigenvalue weighted by atomic mass is 10.00. The van der Waals surface area contributed by atoms with Gasteiger partial charge in [0.05, 0.1) is 30.4 Å². The minimum absolute atomic E-state index is 0.161. The van der Waals surface area contributed by atoms with E-state index in [9.17, 15) is 22.4 Å². The molecule has 1 aliphatic heterocycles. The second-order valence-electron chi connectivity index (χ2n) is 8.45. The number of carbonyl (C=O) groups excluding carboxylic acids is 2. The van der Waals surface area contributed by atoms with Gasteiger partial charge >= 0.3 is 0 Å². The van der Waals surface area contributed by atoms with E-state index in [0.717, 1.165) is 37.1 Å². The average molecular weight is 496 g/mol. The molecule has 2 amide bonds. The molecule has 1 fully saturated rings. The predicted octanol–water partition coefficient (Wildman–Crippen LogP) is 2.05. The second-order valence-corrected chi connectivity index (χ2v) is 10.2. The lowest BCUT2D eigenvalue weighted by molar-refractivity contribution is -0.143. The number of hydrogen-bond acceptors (Lipinski definition) is 6. The molecule has 3 rings (SSSR count). The van der Waals surface area contributed by atoms with E-state index in [-0.39, 0.29) is 35.9 Å². The van der Waals surface area contributed by atoms with Crippen molar-refractivity contribution in [2.45, 2.75) is 50.3 Å². The molecule has 0 radical (unpaired) electrons. The van der Waals surface area contributed by atoms with Crippen LogP contribution in [0.25, 0.3) is 0 Å². The quantitative estimate of drug-likeness (QED) is 0.493. The van der Waals surface area contributed by atoms with Crippen LogP contribution < -0.4 is 10.0 Å². The Hall–Kier alpha value is -2.76. The first-order valence-corrected chi connectivity index (χ1v) is 12.6. The number of hydrogen-bond donors (Lipinski definition) is 2. The molecule has 1 saturated heterocycles. The number of nitrogens with zero attached hydrogens (tertiary/aromatic N) is 1. The van der Waals surface area contributed by atoms with Crippen LogP contribution in [-0.2, 0) is 30.9 Å². The van der Waals surface area contributed by atoms with Crippen LogP contribution in [0.3, 0.4) is 0 Å². The summed E-state index contributed by atoms with van der Waals surface area (Å²) >= 11 is 0. The minimum Gasteiger partial charge on any atom is -0.467 e. The van der Waals surface area contributed by atoms with Crippen LogP contribution in [0.1, 0.15) is 32.4 Å². The Bertz CT molecular complexity index is 1050. The number of halogens is 1. The van der Waals surface area contributed by atoms with Crippen molar-refractivity contribution in [1.29, 1.82) is 0 Å². The summed E-state index contributed by atoms with van der Waals surface area (Å²) in [4.78, 5) is 27.5. The fourth-order valence-corrected chi connectivity index (χ4v) is 4.80. The number of sulfonamides is 1. The third kappa shape index (κ3) is 6.87. The molecule has 0 aliphatic carbocycles. The Kier molecular flexibility index (Phi) is 8.81. The van der Waals surface area contributed by atoms with Gasteiger partial charge < -0.3 is 19.4 Å². The van der Waals surface area contributed by atoms with Gasteiger partial charge in [-0.05, 0) is 55.2 Å². The molecule has 186 valence electrons. The van der Waals surface area contributed by atoms with Gasteiger partial charge in [0.2, 0.25) is 21.8 Å². The standard InChI is InChI=1S/C23H30FN3O6S/c1-16(2)22(23(29)25-13-18-5-3-11-32-18)27(15-19-6-4-12-33-19)21(28)14-26-34(30,31)20-9-7-17(24)8-10-20/h3,5,7-11,16,19,22,26H,4,6,12-15H2,1-2H3,(H,25,29)/t19-,22-/m0/s1. The monoisotopic (exact) mass is 495 g/mol. The summed E-state index contributed by atoms with van der Waals surface area (Å²) in [5, 5.41) is 2.79. The zero-order chi connectivity index (χ0) is 24.7. The predicted molar refractivity (Wildman–Crippen MR) is 121 cm³/mol. The molecule has 2 heterocycles. The average Bonchev–Trinajstić information content (AvgIpc) is 3.50. The van der Waals surface area contributed by atoms with E-state index < -0.39 is 34.3 Å². The molecule has 0 unspecified atom stereocenters. The van der Waals surface area contributed by atoms with Crippen molar-refractivity contribution in [2.24, 2.45) is 5.92 Å². The van der Waals surface area contributed by atoms with E-state index in [0.29, 0.717) is 12.4 Å². The molecular weight excluding hydrogens is 465 g/mol. The second kappa shape index (κ2) is 11.6. The molecule has 2 aromatic rings. The van der Waals surface area contributed by atoms with Crippen molar-refractivity contribution >= 4 is 21.8 Å². The summed E-state index contributed by atoms with van der Waals surface area (Å²) in [6.45, 7) is 3.97. The minimum atomic E-state index is -4.05. The van der Waals surface area contributed by atoms with Crippen LogP contribution in [0, 0.1) is 11.7 Å². The number of nitrogens with one attached hydrogen (secondary N) is 2. The third-order valence-corrected chi connectivity index (χ3v) is 6.95. The summed E-state index contributed by atoms with van der Waals surface area (Å²) in [6, 6.07) is 6.88. The number of benzene rings is 1. The van der Waals surface area contributed by atoms with Gasteiger partial charge in [0.1, 0.15) is 17.6 Å². The summed E-state index contributed by atoms with van der Waals surface area (Å²) in [5.41, 5.74) is 0. The molecule has 34 heavy (non-hydrogen) atoms. The molecular formula is C23H30FN3O6S. The van der Waals surface area contributed by atoms with Crippen molar-refractivity contribution in [3.8, 4) is 0 Å². The molecule has 0 bridgehead atoms. The molecule has 1 aromatic carbocycles. The van der Waals surface area contributed by atoms with E-state index >= 15 is 0 Å². The van der Waals surface area contributed by atoms with Crippen LogP contribution in [0.15, 0.2) is 52.0 Å². The Morgan fingerprint density at radius 1 is 1.21 bits per heavy atom. The highest BCUT2D eigenvalue weighted by Crippen LogP contribution is 2.19. The molecule has 2 atom stereocenters. The van der Waals surface area contributed by atoms with Gasteiger partial charge in [-0.2, -0.15) is 0 Å². The number of amides is 2. The largest absolute Gasteiger partial charge is 0.467 e. The Balaban J connectivity index is 1.74. The Labute approximate surface area is 198 Å². The maximum absolute atomic E-state index is 13.2. The van der Waals surface area contributed by atoms with Crippen LogP contribution in [0.2, 0.25) is 0 Å². The summed E-state index contributed by atoms with van der Waals surface area (Å²) in [5.74, 6) is -1.19. The Morgan fingerprint density at radius 2 is 1.94 bits per heavy atom. The van der Waals surface area contributed by atoms with Gasteiger partial charge in [-0.3, -0.25) is 9.59 Å². The molecule has 1 aromatic heterocycles. The van der Waals surface area contributed by atoms with E-state index in [4.69, 9.17) is 9.15 Å². The zero-order valence-corrected chi connectivity index (χ0v) is 20.0. The number of rotatable bonds is 11. The van der Waals surface area contributed by atoms with Gasteiger partial charge in [0.25, 0.3) is 0 Å². The highest BCUT2D eigenvalue weighted by molar-refractivity contribution is 7.89. The smallest absolute Gasteiger partial charge is 0.243 e. The van der Waals surface area contributed by atoms with Crippen LogP contribution in [-0.4, -0.2) is 57.0 Å². The number of ether oxygens (including phenoxy) is 1. The highest BCUT2D eigenvalue weighted by atomic mass is 32.2. The first-order valence-electron chi connectivity index (χ1n) is 11.1. The summed E-state index contributed by atoms with van der Waals surface area (Å²) in [6.07, 6.45) is 2.85. The van der Waals surface area contributed by atoms with Crippen molar-refractivity contribution in [3.05, 3.63) is 54.2 Å². The number of furan rings is 1. The van der Waals surface area contributed by atoms with Crippen molar-refractivity contribution < 1.29 is 31.6 Å². The van der Waals surface area contributed by atoms with Crippen LogP contribution >= 0.6 is 0 Å². The van der Waals surface area contributed by atoms with E-state index in [1.807, 2.05) is 13.8 Å². The van der Waals surface area contributed by atoms with Crippen molar-refractivity contribution in [3.63, 3.8) is 0 Å². The molecule has 9 nitrogen and oxygen atoms in total. The van der Waals surface area contributed by atoms with Crippen LogP contribution in [0.5, 0.6) is 0 Å². The van der Waals surface area contributed by atoms with E-state index in [1.54, 1.807) is 12.1 Å². The van der Waals surface area contributed by atoms with E-state index in [1.165, 1.54) is 11.2 Å². The molecule has 11 heteroatoms. The van der Waals surface area contributed by atoms with Crippen molar-refractivity contribution in [2.75, 3.05) is 19.7 Å². The topological polar surface area (TPSA) is 118 Å². The highest BCUT2D eigenvalue weighted by Gasteiger charge is 2.35. The van der Waals surface area contributed by atoms with Gasteiger partial charge in [-0.15, -0.1) is 0 Å². The lowest BCUT2D eigenvalue weighted by Gasteiger charge is -2.35. The van der Waals surface area contributed by atoms with Gasteiger partial charge in [-0.1, -0.05) is 13.8 Å². The Morgan fingerprint density at radius 3 is 2.53 bits per heavy atom. The molecule has 2 N–H and O–H groups in total. The molecule has 0 saturated carbocycles. The van der Waals surface area contributed by atoms with E-state index in [2.05, 4.69) is 10.0 Å². The van der Waals surface area contributed by atoms with Crippen molar-refractivity contribution in [1.82, 2.24) is 14.9 Å². The first kappa shape index (κ1) is 25.9. The van der Waals surface area contributed by atoms with Gasteiger partial charge in [0, 0.05) is 13.2 Å². The molecule has 1 aliphatic rings. The van der Waals surface area contributed by atoms with Crippen LogP contribution in [0.4, 0.5) is 4.39 Å². The third-order valence-electron chi connectivity index (χ3n) is 5.53. The summed E-state index contributed by atoms with van der Waals surface area (Å²) in [7, 11) is -4.05. The van der Waals surface area contributed by atoms with Gasteiger partial charge in [0.15, 0.2) is 0 Å². The normalized spacial score (nSPS) is 17.0. The fraction of sp³-hybridized carbons (Fsp3) is 0.478. The van der Waals surface area contributed by atoms with Gasteiger partial charge in [-0.25, -0.2) is 17.5 Å². The zero-order valence-electron chi connectivity index (χ0n) is 19.2. The maximum atomic E-state index is 13.2. The SMILES string of the molecule is CC(C)[C@@H](C(=O)NCc1ccco1)N(C[C@@H]1CCCO1)C(=O)CNS(=O)(=O)c1ccc(F)cc1.